The first-order valence-corrected chi connectivity index (χ1v) is 11.9. The van der Waals surface area contributed by atoms with Crippen molar-refractivity contribution in [3.63, 3.8) is 0 Å². The van der Waals surface area contributed by atoms with Gasteiger partial charge in [-0.05, 0) is 66.1 Å². The van der Waals surface area contributed by atoms with Crippen LogP contribution < -0.4 is 0 Å². The maximum Gasteiger partial charge on any atom is 0.185 e. The summed E-state index contributed by atoms with van der Waals surface area (Å²) in [5.41, 5.74) is 2.92. The number of thioether (sulfide) groups is 2. The molecule has 0 fully saturated rings. The maximum atomic E-state index is 12.5. The van der Waals surface area contributed by atoms with Gasteiger partial charge in [-0.1, -0.05) is 54.6 Å². The lowest BCUT2D eigenvalue weighted by atomic mass is 10.0. The Morgan fingerprint density at radius 3 is 1.40 bits per heavy atom. The molecule has 4 heteroatoms. The van der Waals surface area contributed by atoms with Gasteiger partial charge in [0.25, 0.3) is 0 Å². The lowest BCUT2D eigenvalue weighted by Gasteiger charge is -2.01. The Hall–Kier alpha value is -2.82. The molecule has 0 aliphatic heterocycles. The Balaban J connectivity index is 1.69. The van der Waals surface area contributed by atoms with Crippen LogP contribution in [0.25, 0.3) is 12.2 Å². The van der Waals surface area contributed by atoms with Crippen LogP contribution in [-0.4, -0.2) is 24.1 Å². The van der Waals surface area contributed by atoms with Crippen molar-refractivity contribution in [2.24, 2.45) is 0 Å². The number of hydrogen-bond donors (Lipinski definition) is 0. The zero-order valence-corrected chi connectivity index (χ0v) is 18.5. The number of hydrogen-bond acceptors (Lipinski definition) is 4. The number of rotatable bonds is 8. The molecular formula is C26H22O2S2. The number of ketones is 2. The zero-order valence-electron chi connectivity index (χ0n) is 16.9. The van der Waals surface area contributed by atoms with Crippen LogP contribution in [0.5, 0.6) is 0 Å². The maximum absolute atomic E-state index is 12.5. The van der Waals surface area contributed by atoms with E-state index >= 15 is 0 Å². The summed E-state index contributed by atoms with van der Waals surface area (Å²) in [5, 5.41) is 0. The van der Waals surface area contributed by atoms with Crippen molar-refractivity contribution in [3.8, 4) is 0 Å². The Labute approximate surface area is 186 Å². The molecule has 0 atom stereocenters. The first-order valence-electron chi connectivity index (χ1n) is 9.42. The van der Waals surface area contributed by atoms with Crippen LogP contribution in [0.1, 0.15) is 31.8 Å². The monoisotopic (exact) mass is 430 g/mol. The number of carbonyl (C=O) groups is 2. The Morgan fingerprint density at radius 2 is 1.03 bits per heavy atom. The molecule has 0 aromatic heterocycles. The highest BCUT2D eigenvalue weighted by Gasteiger charge is 2.07. The molecule has 3 aromatic rings. The van der Waals surface area contributed by atoms with Crippen LogP contribution in [0.2, 0.25) is 0 Å². The molecule has 0 saturated heterocycles. The summed E-state index contributed by atoms with van der Waals surface area (Å²) in [6.45, 7) is 0. The molecule has 0 N–H and O–H groups in total. The highest BCUT2D eigenvalue weighted by molar-refractivity contribution is 7.98. The summed E-state index contributed by atoms with van der Waals surface area (Å²) in [7, 11) is 0. The van der Waals surface area contributed by atoms with Gasteiger partial charge in [0.05, 0.1) is 0 Å². The van der Waals surface area contributed by atoms with Gasteiger partial charge < -0.3 is 0 Å². The van der Waals surface area contributed by atoms with Crippen molar-refractivity contribution >= 4 is 47.2 Å². The minimum Gasteiger partial charge on any atom is -0.289 e. The van der Waals surface area contributed by atoms with E-state index in [1.807, 2.05) is 61.0 Å². The number of allylic oxidation sites excluding steroid dienone is 2. The molecule has 0 saturated carbocycles. The van der Waals surface area contributed by atoms with Crippen molar-refractivity contribution in [2.75, 3.05) is 12.5 Å². The fourth-order valence-electron chi connectivity index (χ4n) is 2.79. The summed E-state index contributed by atoms with van der Waals surface area (Å²) in [5.74, 6) is -0.259. The van der Waals surface area contributed by atoms with Gasteiger partial charge in [-0.15, -0.1) is 23.5 Å². The molecule has 3 rings (SSSR count). The summed E-state index contributed by atoms with van der Waals surface area (Å²) in [4.78, 5) is 27.4. The van der Waals surface area contributed by atoms with Gasteiger partial charge in [0, 0.05) is 20.9 Å². The number of benzene rings is 3. The van der Waals surface area contributed by atoms with Crippen molar-refractivity contribution in [1.29, 1.82) is 0 Å². The molecular weight excluding hydrogens is 408 g/mol. The van der Waals surface area contributed by atoms with Crippen molar-refractivity contribution in [3.05, 3.63) is 107 Å². The SMILES string of the molecule is CSc1ccc(/C=C/C(=O)c2cccc(C(=O)/C=C/c3ccc(SC)cc3)c2)cc1. The molecule has 2 nitrogen and oxygen atoms in total. The molecule has 30 heavy (non-hydrogen) atoms. The predicted octanol–water partition coefficient (Wildman–Crippen LogP) is 6.92. The third kappa shape index (κ3) is 6.09. The average Bonchev–Trinajstić information content (AvgIpc) is 2.81. The smallest absolute Gasteiger partial charge is 0.185 e. The second-order valence-corrected chi connectivity index (χ2v) is 8.28. The molecule has 0 unspecified atom stereocenters. The van der Waals surface area contributed by atoms with Crippen LogP contribution in [0.15, 0.2) is 94.7 Å². The zero-order chi connectivity index (χ0) is 21.3. The number of carbonyl (C=O) groups excluding carboxylic acids is 2. The average molecular weight is 431 g/mol. The van der Waals surface area contributed by atoms with E-state index in [-0.39, 0.29) is 11.6 Å². The van der Waals surface area contributed by atoms with Crippen LogP contribution in [0.4, 0.5) is 0 Å². The minimum atomic E-state index is -0.129. The molecule has 0 spiro atoms. The first kappa shape index (κ1) is 21.9. The standard InChI is InChI=1S/C26H22O2S2/c1-29-23-12-6-19(7-13-23)10-16-25(27)21-4-3-5-22(18-21)26(28)17-11-20-8-14-24(30-2)15-9-20/h3-18H,1-2H3/b16-10+,17-11+. The second-order valence-electron chi connectivity index (χ2n) is 6.52. The predicted molar refractivity (Wildman–Crippen MR) is 130 cm³/mol. The van der Waals surface area contributed by atoms with Gasteiger partial charge in [-0.3, -0.25) is 9.59 Å². The van der Waals surface area contributed by atoms with Gasteiger partial charge in [0.15, 0.2) is 11.6 Å². The van der Waals surface area contributed by atoms with E-state index in [2.05, 4.69) is 0 Å². The Morgan fingerprint density at radius 1 is 0.633 bits per heavy atom. The van der Waals surface area contributed by atoms with Crippen LogP contribution in [0, 0.1) is 0 Å². The van der Waals surface area contributed by atoms with Crippen molar-refractivity contribution < 1.29 is 9.59 Å². The van der Waals surface area contributed by atoms with E-state index < -0.39 is 0 Å². The molecule has 0 aliphatic carbocycles. The minimum absolute atomic E-state index is 0.129. The normalized spacial score (nSPS) is 11.3. The highest BCUT2D eigenvalue weighted by atomic mass is 32.2. The molecule has 150 valence electrons. The van der Waals surface area contributed by atoms with E-state index in [0.29, 0.717) is 11.1 Å². The van der Waals surface area contributed by atoms with Crippen LogP contribution in [0.3, 0.4) is 0 Å². The summed E-state index contributed by atoms with van der Waals surface area (Å²) in [6.07, 6.45) is 10.7. The van der Waals surface area contributed by atoms with Gasteiger partial charge in [-0.2, -0.15) is 0 Å². The molecule has 0 bridgehead atoms. The molecule has 3 aromatic carbocycles. The Bertz CT molecular complexity index is 994. The quantitative estimate of drug-likeness (QED) is 0.221. The Kier molecular flexibility index (Phi) is 7.89. The van der Waals surface area contributed by atoms with Crippen LogP contribution in [-0.2, 0) is 0 Å². The van der Waals surface area contributed by atoms with E-state index in [4.69, 9.17) is 0 Å². The summed E-state index contributed by atoms with van der Waals surface area (Å²) in [6, 6.07) is 22.8. The molecule has 0 aliphatic rings. The van der Waals surface area contributed by atoms with Gasteiger partial charge >= 0.3 is 0 Å². The van der Waals surface area contributed by atoms with Gasteiger partial charge in [-0.25, -0.2) is 0 Å². The topological polar surface area (TPSA) is 34.1 Å². The molecule has 0 amide bonds. The van der Waals surface area contributed by atoms with E-state index in [9.17, 15) is 9.59 Å². The molecule has 0 heterocycles. The van der Waals surface area contributed by atoms with Crippen molar-refractivity contribution in [2.45, 2.75) is 9.79 Å². The third-order valence-corrected chi connectivity index (χ3v) is 6.00. The third-order valence-electron chi connectivity index (χ3n) is 4.52. The van der Waals surface area contributed by atoms with E-state index in [0.717, 1.165) is 11.1 Å². The lowest BCUT2D eigenvalue weighted by Crippen LogP contribution is -1.99. The van der Waals surface area contributed by atoms with Crippen molar-refractivity contribution in [1.82, 2.24) is 0 Å². The van der Waals surface area contributed by atoms with Crippen LogP contribution >= 0.6 is 23.5 Å². The summed E-state index contributed by atoms with van der Waals surface area (Å²) >= 11 is 3.36. The fourth-order valence-corrected chi connectivity index (χ4v) is 3.61. The first-order chi connectivity index (χ1) is 14.6. The van der Waals surface area contributed by atoms with E-state index in [1.54, 1.807) is 72.1 Å². The largest absolute Gasteiger partial charge is 0.289 e. The lowest BCUT2D eigenvalue weighted by molar-refractivity contribution is 0.104. The second kappa shape index (κ2) is 10.8. The molecule has 0 radical (unpaired) electrons. The highest BCUT2D eigenvalue weighted by Crippen LogP contribution is 2.17. The van der Waals surface area contributed by atoms with Gasteiger partial charge in [0.2, 0.25) is 0 Å². The van der Waals surface area contributed by atoms with Gasteiger partial charge in [0.1, 0.15) is 0 Å². The summed E-state index contributed by atoms with van der Waals surface area (Å²) < 4.78 is 0. The fraction of sp³-hybridized carbons (Fsp3) is 0.0769. The van der Waals surface area contributed by atoms with E-state index in [1.165, 1.54) is 9.79 Å².